The van der Waals surface area contributed by atoms with Gasteiger partial charge in [0.25, 0.3) is 11.8 Å². The minimum absolute atomic E-state index is 0.111. The van der Waals surface area contributed by atoms with Crippen molar-refractivity contribution in [2.24, 2.45) is 0 Å². The van der Waals surface area contributed by atoms with Crippen molar-refractivity contribution in [1.29, 1.82) is 0 Å². The molecule has 2 amide bonds. The Morgan fingerprint density at radius 1 is 1.04 bits per heavy atom. The Labute approximate surface area is 165 Å². The van der Waals surface area contributed by atoms with E-state index >= 15 is 0 Å². The highest BCUT2D eigenvalue weighted by Gasteiger charge is 2.22. The van der Waals surface area contributed by atoms with Gasteiger partial charge < -0.3 is 9.47 Å². The van der Waals surface area contributed by atoms with Crippen molar-refractivity contribution in [3.8, 4) is 17.2 Å². The van der Waals surface area contributed by atoms with Crippen LogP contribution in [-0.4, -0.2) is 28.4 Å². The van der Waals surface area contributed by atoms with Crippen molar-refractivity contribution in [3.63, 3.8) is 0 Å². The number of aromatic nitrogens is 2. The molecule has 4 rings (SSSR count). The summed E-state index contributed by atoms with van der Waals surface area (Å²) in [6.45, 7) is 1.78. The van der Waals surface area contributed by atoms with Gasteiger partial charge in [-0.1, -0.05) is 29.8 Å². The molecule has 0 unspecified atom stereocenters. The third kappa shape index (κ3) is 3.25. The second-order valence-corrected chi connectivity index (χ2v) is 6.33. The van der Waals surface area contributed by atoms with Crippen LogP contribution in [0.3, 0.4) is 0 Å². The number of aryl methyl sites for hydroxylation is 1. The van der Waals surface area contributed by atoms with Crippen molar-refractivity contribution in [1.82, 2.24) is 20.6 Å². The lowest BCUT2D eigenvalue weighted by molar-refractivity contribution is 0.0846. The number of hydrogen-bond acceptors (Lipinski definition) is 5. The smallest absolute Gasteiger partial charge is 0.274 e. The zero-order valence-corrected chi connectivity index (χ0v) is 15.5. The Morgan fingerprint density at radius 2 is 1.75 bits per heavy atom. The number of rotatable bonds is 3. The number of amides is 2. The van der Waals surface area contributed by atoms with Crippen LogP contribution < -0.4 is 20.3 Å². The summed E-state index contributed by atoms with van der Waals surface area (Å²) in [4.78, 5) is 24.8. The summed E-state index contributed by atoms with van der Waals surface area (Å²) in [6.07, 6.45) is 0. The zero-order chi connectivity index (χ0) is 19.7. The fourth-order valence-electron chi connectivity index (χ4n) is 2.78. The number of halogens is 1. The lowest BCUT2D eigenvalue weighted by Gasteiger charge is -2.08. The van der Waals surface area contributed by atoms with E-state index in [1.54, 1.807) is 19.1 Å². The Kier molecular flexibility index (Phi) is 4.62. The molecular weight excluding hydrogens is 384 g/mol. The van der Waals surface area contributed by atoms with Gasteiger partial charge in [0.05, 0.1) is 11.4 Å². The van der Waals surface area contributed by atoms with E-state index in [9.17, 15) is 9.59 Å². The Morgan fingerprint density at radius 3 is 2.54 bits per heavy atom. The monoisotopic (exact) mass is 398 g/mol. The maximum absolute atomic E-state index is 12.5. The first-order valence-corrected chi connectivity index (χ1v) is 8.73. The molecule has 8 nitrogen and oxygen atoms in total. The van der Waals surface area contributed by atoms with E-state index in [0.29, 0.717) is 22.8 Å². The summed E-state index contributed by atoms with van der Waals surface area (Å²) >= 11 is 6.35. The van der Waals surface area contributed by atoms with Crippen molar-refractivity contribution >= 4 is 23.4 Å². The average molecular weight is 399 g/mol. The fraction of sp³-hybridized carbons (Fsp3) is 0.105. The Balaban J connectivity index is 1.48. The topological polar surface area (TPSA) is 94.5 Å². The van der Waals surface area contributed by atoms with Gasteiger partial charge >= 0.3 is 0 Å². The minimum atomic E-state index is -0.571. The van der Waals surface area contributed by atoms with E-state index in [1.165, 1.54) is 10.7 Å². The maximum Gasteiger partial charge on any atom is 0.274 e. The number of carbonyl (C=O) groups is 2. The molecule has 2 N–H and O–H groups in total. The molecule has 2 aromatic carbocycles. The largest absolute Gasteiger partial charge is 0.454 e. The first-order valence-electron chi connectivity index (χ1n) is 8.35. The lowest BCUT2D eigenvalue weighted by atomic mass is 10.2. The van der Waals surface area contributed by atoms with Crippen molar-refractivity contribution in [2.45, 2.75) is 6.92 Å². The van der Waals surface area contributed by atoms with Crippen LogP contribution in [0.1, 0.15) is 26.4 Å². The highest BCUT2D eigenvalue weighted by molar-refractivity contribution is 6.33. The number of ether oxygens (including phenoxy) is 2. The Hall–Kier alpha value is -3.52. The molecule has 0 aliphatic carbocycles. The quantitative estimate of drug-likeness (QED) is 0.661. The van der Waals surface area contributed by atoms with Crippen LogP contribution in [0.5, 0.6) is 11.5 Å². The van der Waals surface area contributed by atoms with E-state index < -0.39 is 11.8 Å². The first kappa shape index (κ1) is 17.9. The van der Waals surface area contributed by atoms with E-state index in [4.69, 9.17) is 21.1 Å². The van der Waals surface area contributed by atoms with Crippen LogP contribution in [0.2, 0.25) is 5.15 Å². The van der Waals surface area contributed by atoms with E-state index in [1.807, 2.05) is 30.3 Å². The number of nitrogens with zero attached hydrogens (tertiary/aromatic N) is 2. The van der Waals surface area contributed by atoms with Crippen LogP contribution in [0, 0.1) is 6.92 Å². The van der Waals surface area contributed by atoms with Gasteiger partial charge in [-0.25, -0.2) is 4.68 Å². The number of hydrogen-bond donors (Lipinski definition) is 2. The van der Waals surface area contributed by atoms with Crippen LogP contribution in [0.25, 0.3) is 5.69 Å². The molecule has 0 spiro atoms. The van der Waals surface area contributed by atoms with Gasteiger partial charge in [0, 0.05) is 5.56 Å². The van der Waals surface area contributed by atoms with Crippen LogP contribution >= 0.6 is 11.6 Å². The fourth-order valence-corrected chi connectivity index (χ4v) is 3.14. The van der Waals surface area contributed by atoms with Crippen molar-refractivity contribution in [3.05, 3.63) is 70.5 Å². The molecule has 1 aromatic heterocycles. The molecular formula is C19H15ClN4O4. The SMILES string of the molecule is Cc1nn(-c2ccccc2)c(Cl)c1C(=O)NNC(=O)c1ccc2c(c1)OCO2. The molecule has 0 atom stereocenters. The normalized spacial score (nSPS) is 11.9. The van der Waals surface area contributed by atoms with Gasteiger partial charge in [-0.3, -0.25) is 20.4 Å². The summed E-state index contributed by atoms with van der Waals surface area (Å²) in [5, 5.41) is 4.46. The zero-order valence-electron chi connectivity index (χ0n) is 14.7. The third-order valence-corrected chi connectivity index (χ3v) is 4.51. The summed E-state index contributed by atoms with van der Waals surface area (Å²) < 4.78 is 11.9. The van der Waals surface area contributed by atoms with Crippen molar-refractivity contribution < 1.29 is 19.1 Å². The number of para-hydroxylation sites is 1. The first-order chi connectivity index (χ1) is 13.5. The molecule has 1 aliphatic heterocycles. The van der Waals surface area contributed by atoms with Gasteiger partial charge in [0.15, 0.2) is 11.5 Å². The number of carbonyl (C=O) groups excluding carboxylic acids is 2. The summed E-state index contributed by atoms with van der Waals surface area (Å²) in [5.74, 6) is -0.0343. The molecule has 9 heteroatoms. The maximum atomic E-state index is 12.5. The number of nitrogens with one attached hydrogen (secondary N) is 2. The number of hydrazine groups is 1. The molecule has 0 saturated carbocycles. The summed E-state index contributed by atoms with van der Waals surface area (Å²) in [6, 6.07) is 13.9. The highest BCUT2D eigenvalue weighted by Crippen LogP contribution is 2.32. The highest BCUT2D eigenvalue weighted by atomic mass is 35.5. The molecule has 0 saturated heterocycles. The third-order valence-electron chi connectivity index (χ3n) is 4.16. The van der Waals surface area contributed by atoms with E-state index in [0.717, 1.165) is 5.69 Å². The standard InChI is InChI=1S/C19H15ClN4O4/c1-11-16(17(20)24(23-11)13-5-3-2-4-6-13)19(26)22-21-18(25)12-7-8-14-15(9-12)28-10-27-14/h2-9H,10H2,1H3,(H,21,25)(H,22,26). The van der Waals surface area contributed by atoms with Crippen LogP contribution in [-0.2, 0) is 0 Å². The lowest BCUT2D eigenvalue weighted by Crippen LogP contribution is -2.41. The average Bonchev–Trinajstić information content (AvgIpc) is 3.29. The predicted molar refractivity (Wildman–Crippen MR) is 101 cm³/mol. The number of benzene rings is 2. The molecule has 142 valence electrons. The van der Waals surface area contributed by atoms with Gasteiger partial charge in [-0.15, -0.1) is 0 Å². The van der Waals surface area contributed by atoms with E-state index in [2.05, 4.69) is 16.0 Å². The predicted octanol–water partition coefficient (Wildman–Crippen LogP) is 2.64. The summed E-state index contributed by atoms with van der Waals surface area (Å²) in [7, 11) is 0. The van der Waals surface area contributed by atoms with Crippen LogP contribution in [0.15, 0.2) is 48.5 Å². The molecule has 3 aromatic rings. The minimum Gasteiger partial charge on any atom is -0.454 e. The van der Waals surface area contributed by atoms with Crippen LogP contribution in [0.4, 0.5) is 0 Å². The molecule has 1 aliphatic rings. The van der Waals surface area contributed by atoms with Gasteiger partial charge in [-0.05, 0) is 37.3 Å². The van der Waals surface area contributed by atoms with Crippen molar-refractivity contribution in [2.75, 3.05) is 6.79 Å². The van der Waals surface area contributed by atoms with Gasteiger partial charge in [-0.2, -0.15) is 5.10 Å². The van der Waals surface area contributed by atoms with E-state index in [-0.39, 0.29) is 17.5 Å². The second kappa shape index (κ2) is 7.24. The molecule has 0 radical (unpaired) electrons. The molecule has 2 heterocycles. The summed E-state index contributed by atoms with van der Waals surface area (Å²) in [5.41, 5.74) is 6.37. The number of fused-ring (bicyclic) bond motifs is 1. The molecule has 28 heavy (non-hydrogen) atoms. The second-order valence-electron chi connectivity index (χ2n) is 5.97. The van der Waals surface area contributed by atoms with Gasteiger partial charge in [0.1, 0.15) is 10.7 Å². The molecule has 0 fully saturated rings. The van der Waals surface area contributed by atoms with Gasteiger partial charge in [0.2, 0.25) is 6.79 Å². The molecule has 0 bridgehead atoms. The Bertz CT molecular complexity index is 1070.